The lowest BCUT2D eigenvalue weighted by atomic mass is 9.89. The molecule has 2 aliphatic carbocycles. The molecule has 5 rings (SSSR count). The standard InChI is InChI=1S/C30H39ClN2O2/c1-29(2,3)35-28(34)33(27-19-26(27)24-7-5-4-6-8-24)21-30(15-16-30)20-32-17-13-23(14-18-32)22-9-11-25(31)12-10-22/h4-12,23,26-27H,13-21H2,1-3H3/t26-,27+/m1/s1. The Morgan fingerprint density at radius 2 is 1.69 bits per heavy atom. The minimum Gasteiger partial charge on any atom is -0.444 e. The Kier molecular flexibility index (Phi) is 6.89. The molecule has 188 valence electrons. The van der Waals surface area contributed by atoms with E-state index in [4.69, 9.17) is 16.3 Å². The second-order valence-corrected chi connectivity index (χ2v) is 12.5. The first kappa shape index (κ1) is 24.6. The van der Waals surface area contributed by atoms with Crippen LogP contribution in [0.5, 0.6) is 0 Å². The van der Waals surface area contributed by atoms with Gasteiger partial charge >= 0.3 is 6.09 Å². The number of nitrogens with zero attached hydrogens (tertiary/aromatic N) is 2. The lowest BCUT2D eigenvalue weighted by Gasteiger charge is -2.37. The van der Waals surface area contributed by atoms with Gasteiger partial charge in [-0.2, -0.15) is 0 Å². The highest BCUT2D eigenvalue weighted by Gasteiger charge is 2.52. The van der Waals surface area contributed by atoms with E-state index in [1.165, 1.54) is 36.8 Å². The van der Waals surface area contributed by atoms with Crippen molar-refractivity contribution >= 4 is 17.7 Å². The molecule has 2 aromatic carbocycles. The monoisotopic (exact) mass is 494 g/mol. The first-order valence-electron chi connectivity index (χ1n) is 13.2. The molecule has 3 aliphatic rings. The van der Waals surface area contributed by atoms with Crippen molar-refractivity contribution in [1.82, 2.24) is 9.80 Å². The molecule has 1 heterocycles. The lowest BCUT2D eigenvalue weighted by molar-refractivity contribution is 0.0167. The highest BCUT2D eigenvalue weighted by atomic mass is 35.5. The largest absolute Gasteiger partial charge is 0.444 e. The van der Waals surface area contributed by atoms with Crippen LogP contribution >= 0.6 is 11.6 Å². The normalized spacial score (nSPS) is 24.1. The second kappa shape index (κ2) is 9.78. The van der Waals surface area contributed by atoms with Crippen molar-refractivity contribution < 1.29 is 9.53 Å². The first-order valence-corrected chi connectivity index (χ1v) is 13.6. The third-order valence-corrected chi connectivity index (χ3v) is 8.22. The summed E-state index contributed by atoms with van der Waals surface area (Å²) < 4.78 is 5.88. The molecular weight excluding hydrogens is 456 g/mol. The van der Waals surface area contributed by atoms with E-state index in [0.717, 1.165) is 37.6 Å². The summed E-state index contributed by atoms with van der Waals surface area (Å²) >= 11 is 6.08. The van der Waals surface area contributed by atoms with Gasteiger partial charge in [0.1, 0.15) is 5.60 Å². The second-order valence-electron chi connectivity index (χ2n) is 12.0. The maximum Gasteiger partial charge on any atom is 0.410 e. The molecule has 3 fully saturated rings. The van der Waals surface area contributed by atoms with E-state index in [1.807, 2.05) is 32.9 Å². The summed E-state index contributed by atoms with van der Waals surface area (Å²) in [7, 11) is 0. The molecule has 2 aromatic rings. The van der Waals surface area contributed by atoms with Crippen molar-refractivity contribution in [2.75, 3.05) is 26.2 Å². The third-order valence-electron chi connectivity index (χ3n) is 7.96. The Balaban J connectivity index is 1.21. The fraction of sp³-hybridized carbons (Fsp3) is 0.567. The molecule has 0 N–H and O–H groups in total. The summed E-state index contributed by atoms with van der Waals surface area (Å²) in [5.74, 6) is 1.05. The van der Waals surface area contributed by atoms with Crippen molar-refractivity contribution in [1.29, 1.82) is 0 Å². The fourth-order valence-corrected chi connectivity index (χ4v) is 5.89. The molecular formula is C30H39ClN2O2. The minimum absolute atomic E-state index is 0.145. The molecule has 35 heavy (non-hydrogen) atoms. The van der Waals surface area contributed by atoms with E-state index in [-0.39, 0.29) is 17.6 Å². The summed E-state index contributed by atoms with van der Waals surface area (Å²) in [5.41, 5.74) is 2.48. The van der Waals surface area contributed by atoms with Gasteiger partial charge < -0.3 is 14.5 Å². The van der Waals surface area contributed by atoms with Gasteiger partial charge in [0.25, 0.3) is 0 Å². The van der Waals surface area contributed by atoms with Gasteiger partial charge in [0.05, 0.1) is 0 Å². The van der Waals surface area contributed by atoms with Crippen molar-refractivity contribution in [2.24, 2.45) is 5.41 Å². The van der Waals surface area contributed by atoms with Gasteiger partial charge in [-0.3, -0.25) is 0 Å². The topological polar surface area (TPSA) is 32.8 Å². The number of likely N-dealkylation sites (tertiary alicyclic amines) is 1. The zero-order chi connectivity index (χ0) is 24.6. The Bertz CT molecular complexity index is 1000. The highest BCUT2D eigenvalue weighted by molar-refractivity contribution is 6.30. The van der Waals surface area contributed by atoms with Crippen LogP contribution < -0.4 is 0 Å². The van der Waals surface area contributed by atoms with E-state index in [1.54, 1.807) is 0 Å². The smallest absolute Gasteiger partial charge is 0.410 e. The van der Waals surface area contributed by atoms with Crippen LogP contribution in [0, 0.1) is 5.41 Å². The summed E-state index contributed by atoms with van der Waals surface area (Å²) in [4.78, 5) is 18.0. The first-order chi connectivity index (χ1) is 16.7. The van der Waals surface area contributed by atoms with Crippen LogP contribution in [0.4, 0.5) is 4.79 Å². The van der Waals surface area contributed by atoms with Gasteiger partial charge in [-0.05, 0) is 95.1 Å². The van der Waals surface area contributed by atoms with Crippen LogP contribution in [0.25, 0.3) is 0 Å². The fourth-order valence-electron chi connectivity index (χ4n) is 5.76. The maximum absolute atomic E-state index is 13.3. The molecule has 1 amide bonds. The summed E-state index contributed by atoms with van der Waals surface area (Å²) in [6.07, 6.45) is 5.66. The Labute approximate surface area is 215 Å². The zero-order valence-electron chi connectivity index (χ0n) is 21.4. The van der Waals surface area contributed by atoms with Crippen molar-refractivity contribution in [2.45, 2.75) is 76.4 Å². The number of ether oxygens (including phenoxy) is 1. The number of rotatable bonds is 7. The molecule has 4 nitrogen and oxygen atoms in total. The molecule has 5 heteroatoms. The zero-order valence-corrected chi connectivity index (χ0v) is 22.1. The number of amides is 1. The van der Waals surface area contributed by atoms with Crippen LogP contribution in [0.1, 0.15) is 75.8 Å². The third kappa shape index (κ3) is 6.21. The van der Waals surface area contributed by atoms with Crippen molar-refractivity contribution in [3.63, 3.8) is 0 Å². The summed E-state index contributed by atoms with van der Waals surface area (Å²) in [5, 5.41) is 0.807. The number of carbonyl (C=O) groups is 1. The van der Waals surface area contributed by atoms with Crippen LogP contribution in [0.2, 0.25) is 5.02 Å². The van der Waals surface area contributed by atoms with E-state index >= 15 is 0 Å². The molecule has 0 aromatic heterocycles. The van der Waals surface area contributed by atoms with Gasteiger partial charge in [0.15, 0.2) is 0 Å². The number of benzene rings is 2. The van der Waals surface area contributed by atoms with Gasteiger partial charge in [0.2, 0.25) is 0 Å². The molecule has 0 radical (unpaired) electrons. The maximum atomic E-state index is 13.3. The quantitative estimate of drug-likeness (QED) is 0.411. The number of hydrogen-bond acceptors (Lipinski definition) is 3. The predicted octanol–water partition coefficient (Wildman–Crippen LogP) is 7.09. The Morgan fingerprint density at radius 3 is 2.29 bits per heavy atom. The molecule has 2 saturated carbocycles. The van der Waals surface area contributed by atoms with Crippen LogP contribution in [0.15, 0.2) is 54.6 Å². The molecule has 2 atom stereocenters. The SMILES string of the molecule is CC(C)(C)OC(=O)N(CC1(CN2CCC(c3ccc(Cl)cc3)CC2)CC1)[C@H]1C[C@@H]1c1ccccc1. The lowest BCUT2D eigenvalue weighted by Crippen LogP contribution is -2.45. The molecule has 0 unspecified atom stereocenters. The van der Waals surface area contributed by atoms with Gasteiger partial charge in [0, 0.05) is 35.5 Å². The van der Waals surface area contributed by atoms with E-state index in [0.29, 0.717) is 11.8 Å². The minimum atomic E-state index is -0.479. The molecule has 1 aliphatic heterocycles. The number of carbonyl (C=O) groups excluding carboxylic acids is 1. The Morgan fingerprint density at radius 1 is 1.03 bits per heavy atom. The van der Waals surface area contributed by atoms with Crippen LogP contribution in [-0.2, 0) is 4.74 Å². The van der Waals surface area contributed by atoms with E-state index in [2.05, 4.69) is 52.3 Å². The van der Waals surface area contributed by atoms with Crippen molar-refractivity contribution in [3.05, 3.63) is 70.7 Å². The molecule has 1 saturated heterocycles. The van der Waals surface area contributed by atoms with Gasteiger partial charge in [-0.15, -0.1) is 0 Å². The summed E-state index contributed by atoms with van der Waals surface area (Å²) in [6, 6.07) is 19.3. The van der Waals surface area contributed by atoms with Crippen molar-refractivity contribution in [3.8, 4) is 0 Å². The van der Waals surface area contributed by atoms with Crippen LogP contribution in [0.3, 0.4) is 0 Å². The van der Waals surface area contributed by atoms with E-state index in [9.17, 15) is 4.79 Å². The highest BCUT2D eigenvalue weighted by Crippen LogP contribution is 2.52. The number of piperidine rings is 1. The van der Waals surface area contributed by atoms with Crippen LogP contribution in [-0.4, -0.2) is 53.7 Å². The Hall–Kier alpha value is -2.04. The average Bonchev–Trinajstić information content (AvgIpc) is 3.75. The van der Waals surface area contributed by atoms with Gasteiger partial charge in [-0.25, -0.2) is 4.79 Å². The number of hydrogen-bond donors (Lipinski definition) is 0. The number of halogens is 1. The van der Waals surface area contributed by atoms with E-state index < -0.39 is 5.60 Å². The van der Waals surface area contributed by atoms with Gasteiger partial charge in [-0.1, -0.05) is 54.1 Å². The molecule has 0 bridgehead atoms. The average molecular weight is 495 g/mol. The molecule has 0 spiro atoms. The summed E-state index contributed by atoms with van der Waals surface area (Å²) in [6.45, 7) is 10.0. The predicted molar refractivity (Wildman–Crippen MR) is 142 cm³/mol.